The summed E-state index contributed by atoms with van der Waals surface area (Å²) in [5.41, 5.74) is 0.775. The maximum Gasteiger partial charge on any atom is 0.128 e. The van der Waals surface area contributed by atoms with Crippen LogP contribution in [0, 0.1) is 0 Å². The van der Waals surface area contributed by atoms with Crippen LogP contribution in [0.25, 0.3) is 0 Å². The van der Waals surface area contributed by atoms with Crippen molar-refractivity contribution in [3.8, 4) is 11.5 Å². The van der Waals surface area contributed by atoms with Crippen LogP contribution < -0.4 is 14.8 Å². The number of likely N-dealkylation sites (N-methyl/N-ethyl adjacent to an activating group) is 1. The third-order valence-electron chi connectivity index (χ3n) is 2.28. The van der Waals surface area contributed by atoms with Crippen molar-refractivity contribution >= 4 is 0 Å². The van der Waals surface area contributed by atoms with Crippen LogP contribution >= 0.6 is 0 Å². The van der Waals surface area contributed by atoms with E-state index < -0.39 is 6.10 Å². The Hall–Kier alpha value is -1.26. The van der Waals surface area contributed by atoms with Gasteiger partial charge in [-0.25, -0.2) is 0 Å². The molecule has 1 unspecified atom stereocenters. The van der Waals surface area contributed by atoms with E-state index in [9.17, 15) is 5.11 Å². The Morgan fingerprint density at radius 3 is 2.75 bits per heavy atom. The molecule has 0 fully saturated rings. The van der Waals surface area contributed by atoms with E-state index in [1.165, 1.54) is 0 Å². The van der Waals surface area contributed by atoms with Crippen molar-refractivity contribution in [3.05, 3.63) is 23.8 Å². The topological polar surface area (TPSA) is 50.7 Å². The maximum atomic E-state index is 9.91. The number of hydrogen-bond acceptors (Lipinski definition) is 4. The van der Waals surface area contributed by atoms with E-state index >= 15 is 0 Å². The summed E-state index contributed by atoms with van der Waals surface area (Å²) in [7, 11) is 3.40. The maximum absolute atomic E-state index is 9.91. The second kappa shape index (κ2) is 6.35. The minimum atomic E-state index is -0.572. The van der Waals surface area contributed by atoms with E-state index in [4.69, 9.17) is 9.47 Å². The van der Waals surface area contributed by atoms with Crippen molar-refractivity contribution in [1.29, 1.82) is 0 Å². The lowest BCUT2D eigenvalue weighted by Gasteiger charge is -2.16. The lowest BCUT2D eigenvalue weighted by atomic mass is 10.1. The quantitative estimate of drug-likeness (QED) is 0.767. The SMILES string of the molecule is CCOc1cc(OC)ccc1C(O)CNC. The van der Waals surface area contributed by atoms with Crippen molar-refractivity contribution < 1.29 is 14.6 Å². The minimum absolute atomic E-state index is 0.492. The second-order valence-electron chi connectivity index (χ2n) is 3.41. The molecule has 0 spiro atoms. The normalized spacial score (nSPS) is 12.2. The van der Waals surface area contributed by atoms with Gasteiger partial charge >= 0.3 is 0 Å². The van der Waals surface area contributed by atoms with Gasteiger partial charge < -0.3 is 19.9 Å². The van der Waals surface area contributed by atoms with Gasteiger partial charge in [-0.2, -0.15) is 0 Å². The summed E-state index contributed by atoms with van der Waals surface area (Å²) in [6.07, 6.45) is -0.572. The molecule has 0 bridgehead atoms. The Balaban J connectivity index is 2.97. The van der Waals surface area contributed by atoms with Crippen LogP contribution in [-0.4, -0.2) is 32.4 Å². The highest BCUT2D eigenvalue weighted by molar-refractivity contribution is 5.42. The lowest BCUT2D eigenvalue weighted by molar-refractivity contribution is 0.171. The lowest BCUT2D eigenvalue weighted by Crippen LogP contribution is -2.17. The average Bonchev–Trinajstić information content (AvgIpc) is 2.29. The van der Waals surface area contributed by atoms with Crippen LogP contribution in [0.5, 0.6) is 11.5 Å². The molecule has 0 heterocycles. The molecule has 0 saturated heterocycles. The zero-order valence-corrected chi connectivity index (χ0v) is 9.99. The molecular weight excluding hydrogens is 206 g/mol. The van der Waals surface area contributed by atoms with Gasteiger partial charge in [-0.05, 0) is 26.1 Å². The Bertz CT molecular complexity index is 328. The van der Waals surface area contributed by atoms with Gasteiger partial charge in [0.15, 0.2) is 0 Å². The Morgan fingerprint density at radius 2 is 2.19 bits per heavy atom. The van der Waals surface area contributed by atoms with E-state index in [0.29, 0.717) is 18.9 Å². The number of ether oxygens (including phenoxy) is 2. The first-order chi connectivity index (χ1) is 7.72. The fourth-order valence-electron chi connectivity index (χ4n) is 1.50. The van der Waals surface area contributed by atoms with E-state index in [2.05, 4.69) is 5.32 Å². The molecule has 4 nitrogen and oxygen atoms in total. The van der Waals surface area contributed by atoms with Gasteiger partial charge in [-0.1, -0.05) is 0 Å². The molecule has 0 aliphatic rings. The number of rotatable bonds is 6. The van der Waals surface area contributed by atoms with Crippen LogP contribution in [0.2, 0.25) is 0 Å². The molecule has 90 valence electrons. The first-order valence-electron chi connectivity index (χ1n) is 5.36. The number of aliphatic hydroxyl groups is 1. The van der Waals surface area contributed by atoms with Gasteiger partial charge in [-0.15, -0.1) is 0 Å². The molecule has 0 radical (unpaired) electrons. The zero-order valence-electron chi connectivity index (χ0n) is 9.99. The van der Waals surface area contributed by atoms with Crippen LogP contribution in [0.4, 0.5) is 0 Å². The zero-order chi connectivity index (χ0) is 12.0. The minimum Gasteiger partial charge on any atom is -0.497 e. The summed E-state index contributed by atoms with van der Waals surface area (Å²) in [5.74, 6) is 1.40. The predicted molar refractivity (Wildman–Crippen MR) is 63.0 cm³/mol. The second-order valence-corrected chi connectivity index (χ2v) is 3.41. The van der Waals surface area contributed by atoms with Crippen LogP contribution in [-0.2, 0) is 0 Å². The molecule has 0 aromatic heterocycles. The first-order valence-corrected chi connectivity index (χ1v) is 5.36. The highest BCUT2D eigenvalue weighted by atomic mass is 16.5. The summed E-state index contributed by atoms with van der Waals surface area (Å²) in [6.45, 7) is 2.96. The molecule has 0 amide bonds. The number of benzene rings is 1. The van der Waals surface area contributed by atoms with E-state index in [1.807, 2.05) is 19.1 Å². The molecule has 1 aromatic rings. The molecule has 16 heavy (non-hydrogen) atoms. The van der Waals surface area contributed by atoms with Crippen molar-refractivity contribution in [1.82, 2.24) is 5.32 Å². The van der Waals surface area contributed by atoms with Crippen molar-refractivity contribution in [2.24, 2.45) is 0 Å². The Labute approximate surface area is 96.2 Å². The van der Waals surface area contributed by atoms with Crippen LogP contribution in [0.1, 0.15) is 18.6 Å². The summed E-state index contributed by atoms with van der Waals surface area (Å²) in [5, 5.41) is 12.8. The molecule has 0 aliphatic heterocycles. The number of aliphatic hydroxyl groups excluding tert-OH is 1. The fraction of sp³-hybridized carbons (Fsp3) is 0.500. The molecule has 0 saturated carbocycles. The number of hydrogen-bond donors (Lipinski definition) is 2. The smallest absolute Gasteiger partial charge is 0.128 e. The van der Waals surface area contributed by atoms with E-state index in [-0.39, 0.29) is 0 Å². The van der Waals surface area contributed by atoms with Gasteiger partial charge in [0, 0.05) is 18.2 Å². The standard InChI is InChI=1S/C12H19NO3/c1-4-16-12-7-9(15-3)5-6-10(12)11(14)8-13-2/h5-7,11,13-14H,4,8H2,1-3H3. The molecule has 2 N–H and O–H groups in total. The monoisotopic (exact) mass is 225 g/mol. The van der Waals surface area contributed by atoms with Crippen molar-refractivity contribution in [3.63, 3.8) is 0 Å². The highest BCUT2D eigenvalue weighted by Crippen LogP contribution is 2.29. The molecule has 1 aromatic carbocycles. The molecule has 1 atom stereocenters. The Morgan fingerprint density at radius 1 is 1.44 bits per heavy atom. The van der Waals surface area contributed by atoms with Crippen LogP contribution in [0.15, 0.2) is 18.2 Å². The summed E-state index contributed by atoms with van der Waals surface area (Å²) < 4.78 is 10.6. The molecular formula is C12H19NO3. The highest BCUT2D eigenvalue weighted by Gasteiger charge is 2.13. The Kier molecular flexibility index (Phi) is 5.08. The third-order valence-corrected chi connectivity index (χ3v) is 2.28. The fourth-order valence-corrected chi connectivity index (χ4v) is 1.50. The summed E-state index contributed by atoms with van der Waals surface area (Å²) in [4.78, 5) is 0. The average molecular weight is 225 g/mol. The number of nitrogens with one attached hydrogen (secondary N) is 1. The molecule has 0 aliphatic carbocycles. The van der Waals surface area contributed by atoms with Crippen LogP contribution in [0.3, 0.4) is 0 Å². The van der Waals surface area contributed by atoms with Crippen molar-refractivity contribution in [2.45, 2.75) is 13.0 Å². The molecule has 1 rings (SSSR count). The predicted octanol–water partition coefficient (Wildman–Crippen LogP) is 1.35. The van der Waals surface area contributed by atoms with Gasteiger partial charge in [0.1, 0.15) is 11.5 Å². The summed E-state index contributed by atoms with van der Waals surface area (Å²) >= 11 is 0. The van der Waals surface area contributed by atoms with Gasteiger partial charge in [-0.3, -0.25) is 0 Å². The largest absolute Gasteiger partial charge is 0.497 e. The third kappa shape index (κ3) is 3.12. The summed E-state index contributed by atoms with van der Waals surface area (Å²) in [6, 6.07) is 5.43. The first kappa shape index (κ1) is 12.8. The van der Waals surface area contributed by atoms with Gasteiger partial charge in [0.2, 0.25) is 0 Å². The molecule has 4 heteroatoms. The number of methoxy groups -OCH3 is 1. The van der Waals surface area contributed by atoms with E-state index in [1.54, 1.807) is 20.2 Å². The van der Waals surface area contributed by atoms with Gasteiger partial charge in [0.05, 0.1) is 19.8 Å². The van der Waals surface area contributed by atoms with E-state index in [0.717, 1.165) is 11.3 Å². The van der Waals surface area contributed by atoms with Gasteiger partial charge in [0.25, 0.3) is 0 Å². The van der Waals surface area contributed by atoms with Crippen molar-refractivity contribution in [2.75, 3.05) is 27.3 Å².